The third kappa shape index (κ3) is 3.82. The predicted molar refractivity (Wildman–Crippen MR) is 64.4 cm³/mol. The molecule has 0 bridgehead atoms. The lowest BCUT2D eigenvalue weighted by molar-refractivity contribution is 0.306. The molecule has 2 rings (SSSR count). The van der Waals surface area contributed by atoms with Crippen LogP contribution < -0.4 is 10.1 Å². The molecule has 1 aromatic rings. The topological polar surface area (TPSA) is 34.1 Å². The average Bonchev–Trinajstić information content (AvgIpc) is 3.13. The van der Waals surface area contributed by atoms with Crippen LogP contribution in [0.4, 0.5) is 4.39 Å². The minimum atomic E-state index is -0.325. The highest BCUT2D eigenvalue weighted by molar-refractivity contribution is 5.26. The lowest BCUT2D eigenvalue weighted by atomic mass is 10.2. The molecule has 1 aliphatic carbocycles. The zero-order valence-corrected chi connectivity index (χ0v) is 9.79. The normalized spacial score (nSPS) is 14.6. The van der Waals surface area contributed by atoms with E-state index in [0.29, 0.717) is 25.1 Å². The van der Waals surface area contributed by atoms with E-state index in [1.165, 1.54) is 25.1 Å². The molecule has 3 nitrogen and oxygen atoms in total. The van der Waals surface area contributed by atoms with E-state index in [1.807, 2.05) is 0 Å². The van der Waals surface area contributed by atoms with E-state index in [0.717, 1.165) is 12.0 Å². The molecule has 1 N–H and O–H groups in total. The molecule has 17 heavy (non-hydrogen) atoms. The van der Waals surface area contributed by atoms with Gasteiger partial charge in [-0.3, -0.25) is 0 Å². The van der Waals surface area contributed by atoms with Crippen molar-refractivity contribution in [3.63, 3.8) is 0 Å². The van der Waals surface area contributed by atoms with E-state index < -0.39 is 0 Å². The molecule has 0 aromatic carbocycles. The average molecular weight is 236 g/mol. The van der Waals surface area contributed by atoms with Gasteiger partial charge in [-0.1, -0.05) is 6.08 Å². The molecule has 1 heterocycles. The number of nitrogens with one attached hydrogen (secondary N) is 1. The second kappa shape index (κ2) is 5.77. The summed E-state index contributed by atoms with van der Waals surface area (Å²) in [4.78, 5) is 3.98. The van der Waals surface area contributed by atoms with Crippen molar-refractivity contribution >= 4 is 0 Å². The molecule has 0 unspecified atom stereocenters. The number of ether oxygens (including phenoxy) is 1. The van der Waals surface area contributed by atoms with Crippen LogP contribution >= 0.6 is 0 Å². The molecule has 0 radical (unpaired) electrons. The van der Waals surface area contributed by atoms with Crippen LogP contribution in [0.1, 0.15) is 24.8 Å². The molecule has 1 fully saturated rings. The van der Waals surface area contributed by atoms with Crippen molar-refractivity contribution < 1.29 is 9.13 Å². The first-order valence-corrected chi connectivity index (χ1v) is 5.91. The summed E-state index contributed by atoms with van der Waals surface area (Å²) in [5, 5.41) is 3.32. The van der Waals surface area contributed by atoms with Gasteiger partial charge in [-0.05, 0) is 25.3 Å². The van der Waals surface area contributed by atoms with Crippen LogP contribution in [0.25, 0.3) is 0 Å². The molecule has 1 saturated carbocycles. The van der Waals surface area contributed by atoms with Crippen LogP contribution in [-0.2, 0) is 6.54 Å². The molecular formula is C13H17FN2O. The maximum absolute atomic E-state index is 13.1. The van der Waals surface area contributed by atoms with E-state index in [9.17, 15) is 4.39 Å². The molecular weight excluding hydrogens is 219 g/mol. The van der Waals surface area contributed by atoms with Crippen LogP contribution in [0.2, 0.25) is 0 Å². The van der Waals surface area contributed by atoms with Gasteiger partial charge >= 0.3 is 0 Å². The molecule has 1 aliphatic rings. The highest BCUT2D eigenvalue weighted by Crippen LogP contribution is 2.22. The minimum absolute atomic E-state index is 0.325. The van der Waals surface area contributed by atoms with Gasteiger partial charge in [0.2, 0.25) is 5.88 Å². The van der Waals surface area contributed by atoms with Gasteiger partial charge in [0.1, 0.15) is 5.82 Å². The molecule has 0 spiro atoms. The summed E-state index contributed by atoms with van der Waals surface area (Å²) in [6.07, 6.45) is 6.13. The van der Waals surface area contributed by atoms with Crippen LogP contribution in [0, 0.1) is 5.82 Å². The Hall–Kier alpha value is -1.42. The van der Waals surface area contributed by atoms with E-state index in [2.05, 4.69) is 16.9 Å². The van der Waals surface area contributed by atoms with Gasteiger partial charge in [0.15, 0.2) is 0 Å². The second-order valence-electron chi connectivity index (χ2n) is 4.20. The fraction of sp³-hybridized carbons (Fsp3) is 0.462. The van der Waals surface area contributed by atoms with Gasteiger partial charge in [-0.2, -0.15) is 0 Å². The molecule has 0 saturated heterocycles. The summed E-state index contributed by atoms with van der Waals surface area (Å²) in [5.41, 5.74) is 0.779. The third-order valence-electron chi connectivity index (χ3n) is 2.61. The first-order valence-electron chi connectivity index (χ1n) is 5.91. The van der Waals surface area contributed by atoms with Crippen molar-refractivity contribution in [3.05, 3.63) is 36.3 Å². The van der Waals surface area contributed by atoms with Gasteiger partial charge in [0.05, 0.1) is 12.8 Å². The Morgan fingerprint density at radius 3 is 3.12 bits per heavy atom. The van der Waals surface area contributed by atoms with E-state index in [4.69, 9.17) is 4.74 Å². The number of aromatic nitrogens is 1. The zero-order valence-electron chi connectivity index (χ0n) is 9.79. The van der Waals surface area contributed by atoms with Crippen molar-refractivity contribution in [3.8, 4) is 5.88 Å². The number of hydrogen-bond donors (Lipinski definition) is 1. The fourth-order valence-electron chi connectivity index (χ4n) is 1.51. The van der Waals surface area contributed by atoms with Gasteiger partial charge in [-0.25, -0.2) is 9.37 Å². The number of hydrogen-bond acceptors (Lipinski definition) is 3. The number of pyridine rings is 1. The second-order valence-corrected chi connectivity index (χ2v) is 4.20. The van der Waals surface area contributed by atoms with Crippen molar-refractivity contribution in [2.24, 2.45) is 0 Å². The lowest BCUT2D eigenvalue weighted by Crippen LogP contribution is -2.16. The van der Waals surface area contributed by atoms with Crippen LogP contribution in [0.5, 0.6) is 5.88 Å². The molecule has 0 atom stereocenters. The Bertz CT molecular complexity index is 391. The summed E-state index contributed by atoms with van der Waals surface area (Å²) in [6.45, 7) is 4.76. The van der Waals surface area contributed by atoms with Crippen LogP contribution in [0.3, 0.4) is 0 Å². The highest BCUT2D eigenvalue weighted by atomic mass is 19.1. The Kier molecular flexibility index (Phi) is 4.09. The maximum atomic E-state index is 13.1. The first kappa shape index (κ1) is 12.0. The van der Waals surface area contributed by atoms with Gasteiger partial charge < -0.3 is 10.1 Å². The van der Waals surface area contributed by atoms with E-state index in [1.54, 1.807) is 6.08 Å². The highest BCUT2D eigenvalue weighted by Gasteiger charge is 2.21. The molecule has 92 valence electrons. The minimum Gasteiger partial charge on any atom is -0.477 e. The first-order chi connectivity index (χ1) is 8.29. The fourth-order valence-corrected chi connectivity index (χ4v) is 1.51. The Labute approximate surface area is 101 Å². The summed E-state index contributed by atoms with van der Waals surface area (Å²) in [5.74, 6) is 0.190. The molecule has 1 aromatic heterocycles. The van der Waals surface area contributed by atoms with E-state index >= 15 is 0 Å². The SMILES string of the molecule is C=CCCOc1ncc(F)cc1CNC1CC1. The van der Waals surface area contributed by atoms with Gasteiger partial charge in [-0.15, -0.1) is 6.58 Å². The summed E-state index contributed by atoms with van der Waals surface area (Å²) in [6, 6.07) is 2.06. The van der Waals surface area contributed by atoms with Crippen molar-refractivity contribution in [2.45, 2.75) is 31.8 Å². The van der Waals surface area contributed by atoms with Crippen LogP contribution in [0.15, 0.2) is 24.9 Å². The van der Waals surface area contributed by atoms with Crippen molar-refractivity contribution in [2.75, 3.05) is 6.61 Å². The monoisotopic (exact) mass is 236 g/mol. The summed E-state index contributed by atoms with van der Waals surface area (Å²) in [7, 11) is 0. The Morgan fingerprint density at radius 1 is 1.59 bits per heavy atom. The largest absolute Gasteiger partial charge is 0.477 e. The molecule has 0 amide bonds. The quantitative estimate of drug-likeness (QED) is 0.583. The van der Waals surface area contributed by atoms with Gasteiger partial charge in [0, 0.05) is 18.2 Å². The number of rotatable bonds is 7. The summed E-state index contributed by atoms with van der Waals surface area (Å²) < 4.78 is 18.6. The smallest absolute Gasteiger partial charge is 0.218 e. The Morgan fingerprint density at radius 2 is 2.41 bits per heavy atom. The van der Waals surface area contributed by atoms with Crippen molar-refractivity contribution in [1.82, 2.24) is 10.3 Å². The van der Waals surface area contributed by atoms with Gasteiger partial charge in [0.25, 0.3) is 0 Å². The lowest BCUT2D eigenvalue weighted by Gasteiger charge is -2.10. The maximum Gasteiger partial charge on any atom is 0.218 e. The molecule has 4 heteroatoms. The predicted octanol–water partition coefficient (Wildman–Crippen LogP) is 2.43. The molecule has 0 aliphatic heterocycles. The standard InChI is InChI=1S/C13H17FN2O/c1-2-3-6-17-13-10(7-11(14)9-16-13)8-15-12-4-5-12/h2,7,9,12,15H,1,3-6,8H2. The summed E-state index contributed by atoms with van der Waals surface area (Å²) >= 11 is 0. The van der Waals surface area contributed by atoms with Crippen LogP contribution in [-0.4, -0.2) is 17.6 Å². The Balaban J connectivity index is 1.97. The van der Waals surface area contributed by atoms with E-state index in [-0.39, 0.29) is 5.82 Å². The zero-order chi connectivity index (χ0) is 12.1. The third-order valence-corrected chi connectivity index (χ3v) is 2.61. The number of nitrogens with zero attached hydrogens (tertiary/aromatic N) is 1. The number of halogens is 1. The van der Waals surface area contributed by atoms with Crippen molar-refractivity contribution in [1.29, 1.82) is 0 Å².